The minimum Gasteiger partial charge on any atom is -0.484 e. The zero-order valence-electron chi connectivity index (χ0n) is 11.9. The fourth-order valence-electron chi connectivity index (χ4n) is 1.92. The van der Waals surface area contributed by atoms with Gasteiger partial charge in [-0.3, -0.25) is 4.79 Å². The zero-order chi connectivity index (χ0) is 15.1. The smallest absolute Gasteiger partial charge is 0.262 e. The Morgan fingerprint density at radius 1 is 1.10 bits per heavy atom. The molecule has 0 aliphatic carbocycles. The van der Waals surface area contributed by atoms with Crippen LogP contribution in [0.3, 0.4) is 0 Å². The minimum atomic E-state index is -0.334. The van der Waals surface area contributed by atoms with Gasteiger partial charge in [-0.1, -0.05) is 25.5 Å². The third-order valence-corrected chi connectivity index (χ3v) is 2.96. The van der Waals surface area contributed by atoms with Crippen LogP contribution in [0.5, 0.6) is 5.75 Å². The largest absolute Gasteiger partial charge is 0.484 e. The van der Waals surface area contributed by atoms with E-state index >= 15 is 0 Å². The topological polar surface area (TPSA) is 38.3 Å². The summed E-state index contributed by atoms with van der Waals surface area (Å²) >= 11 is 0. The molecular formula is C17H18FNO2. The lowest BCUT2D eigenvalue weighted by atomic mass is 10.1. The maximum Gasteiger partial charge on any atom is 0.262 e. The first-order valence-electron chi connectivity index (χ1n) is 6.94. The van der Waals surface area contributed by atoms with E-state index in [0.717, 1.165) is 18.5 Å². The maximum absolute atomic E-state index is 12.7. The first kappa shape index (κ1) is 15.0. The fraction of sp³-hybridized carbons (Fsp3) is 0.235. The van der Waals surface area contributed by atoms with Gasteiger partial charge < -0.3 is 10.1 Å². The van der Waals surface area contributed by atoms with Crippen LogP contribution < -0.4 is 10.1 Å². The van der Waals surface area contributed by atoms with Crippen LogP contribution in [0.15, 0.2) is 48.5 Å². The molecular weight excluding hydrogens is 269 g/mol. The highest BCUT2D eigenvalue weighted by molar-refractivity contribution is 5.91. The average molecular weight is 287 g/mol. The van der Waals surface area contributed by atoms with Gasteiger partial charge in [0.15, 0.2) is 6.61 Å². The molecule has 0 spiro atoms. The minimum absolute atomic E-state index is 0.109. The summed E-state index contributed by atoms with van der Waals surface area (Å²) in [5, 5.41) is 2.75. The summed E-state index contributed by atoms with van der Waals surface area (Å²) in [6.07, 6.45) is 2.12. The molecule has 4 heteroatoms. The van der Waals surface area contributed by atoms with Gasteiger partial charge in [-0.05, 0) is 48.4 Å². The second-order valence-electron chi connectivity index (χ2n) is 4.74. The number of benzene rings is 2. The molecule has 0 aliphatic heterocycles. The second-order valence-corrected chi connectivity index (χ2v) is 4.74. The quantitative estimate of drug-likeness (QED) is 0.877. The molecule has 110 valence electrons. The molecule has 2 aromatic carbocycles. The van der Waals surface area contributed by atoms with E-state index in [4.69, 9.17) is 4.74 Å². The Morgan fingerprint density at radius 2 is 1.76 bits per heavy atom. The normalized spacial score (nSPS) is 10.2. The predicted molar refractivity (Wildman–Crippen MR) is 81.0 cm³/mol. The fourth-order valence-corrected chi connectivity index (χ4v) is 1.92. The highest BCUT2D eigenvalue weighted by atomic mass is 19.1. The number of rotatable bonds is 6. The van der Waals surface area contributed by atoms with Gasteiger partial charge in [-0.25, -0.2) is 4.39 Å². The van der Waals surface area contributed by atoms with Crippen molar-refractivity contribution >= 4 is 11.6 Å². The monoisotopic (exact) mass is 287 g/mol. The van der Waals surface area contributed by atoms with Crippen LogP contribution >= 0.6 is 0 Å². The van der Waals surface area contributed by atoms with E-state index in [9.17, 15) is 9.18 Å². The van der Waals surface area contributed by atoms with Crippen molar-refractivity contribution in [2.75, 3.05) is 11.9 Å². The third-order valence-electron chi connectivity index (χ3n) is 2.96. The first-order valence-corrected chi connectivity index (χ1v) is 6.94. The van der Waals surface area contributed by atoms with Gasteiger partial charge >= 0.3 is 0 Å². The molecule has 2 rings (SSSR count). The summed E-state index contributed by atoms with van der Waals surface area (Å²) in [6.45, 7) is 2.02. The molecule has 0 aliphatic rings. The third kappa shape index (κ3) is 4.91. The summed E-state index contributed by atoms with van der Waals surface area (Å²) in [4.78, 5) is 11.8. The number of hydrogen-bond acceptors (Lipinski definition) is 2. The van der Waals surface area contributed by atoms with E-state index in [1.807, 2.05) is 24.3 Å². The van der Waals surface area contributed by atoms with Crippen LogP contribution in [0.2, 0.25) is 0 Å². The molecule has 0 saturated heterocycles. The van der Waals surface area contributed by atoms with Crippen LogP contribution in [0, 0.1) is 5.82 Å². The van der Waals surface area contributed by atoms with Gasteiger partial charge in [-0.2, -0.15) is 0 Å². The number of halogens is 1. The van der Waals surface area contributed by atoms with E-state index in [2.05, 4.69) is 12.2 Å². The number of anilines is 1. The van der Waals surface area contributed by atoms with Crippen LogP contribution in [0.4, 0.5) is 10.1 Å². The van der Waals surface area contributed by atoms with Crippen LogP contribution in [-0.4, -0.2) is 12.5 Å². The Labute approximate surface area is 123 Å². The number of nitrogens with one attached hydrogen (secondary N) is 1. The molecule has 0 atom stereocenters. The molecule has 0 radical (unpaired) electrons. The molecule has 0 bridgehead atoms. The van der Waals surface area contributed by atoms with Crippen molar-refractivity contribution in [2.24, 2.45) is 0 Å². The van der Waals surface area contributed by atoms with Crippen molar-refractivity contribution in [2.45, 2.75) is 19.8 Å². The number of ether oxygens (including phenoxy) is 1. The lowest BCUT2D eigenvalue weighted by molar-refractivity contribution is -0.118. The SMILES string of the molecule is CCCc1ccc(NC(=O)COc2ccc(F)cc2)cc1. The number of hydrogen-bond donors (Lipinski definition) is 1. The van der Waals surface area contributed by atoms with E-state index in [1.54, 1.807) is 0 Å². The van der Waals surface area contributed by atoms with E-state index in [1.165, 1.54) is 29.8 Å². The van der Waals surface area contributed by atoms with Gasteiger partial charge in [0.05, 0.1) is 0 Å². The summed E-state index contributed by atoms with van der Waals surface area (Å²) in [5.74, 6) is -0.119. The predicted octanol–water partition coefficient (Wildman–Crippen LogP) is 3.80. The summed E-state index contributed by atoms with van der Waals surface area (Å²) < 4.78 is 18.0. The molecule has 0 heterocycles. The summed E-state index contributed by atoms with van der Waals surface area (Å²) in [6, 6.07) is 13.3. The van der Waals surface area contributed by atoms with Crippen molar-refractivity contribution in [3.8, 4) is 5.75 Å². The Hall–Kier alpha value is -2.36. The Morgan fingerprint density at radius 3 is 2.38 bits per heavy atom. The summed E-state index contributed by atoms with van der Waals surface area (Å²) in [5.41, 5.74) is 1.99. The highest BCUT2D eigenvalue weighted by Gasteiger charge is 2.04. The average Bonchev–Trinajstić information content (AvgIpc) is 2.49. The second kappa shape index (κ2) is 7.43. The molecule has 0 unspecified atom stereocenters. The van der Waals surface area contributed by atoms with Gasteiger partial charge in [-0.15, -0.1) is 0 Å². The van der Waals surface area contributed by atoms with Gasteiger partial charge in [0.2, 0.25) is 0 Å². The molecule has 0 saturated carbocycles. The molecule has 3 nitrogen and oxygen atoms in total. The molecule has 0 fully saturated rings. The number of carbonyl (C=O) groups is 1. The van der Waals surface area contributed by atoms with Crippen molar-refractivity contribution in [1.29, 1.82) is 0 Å². The van der Waals surface area contributed by atoms with Gasteiger partial charge in [0, 0.05) is 5.69 Å². The lowest BCUT2D eigenvalue weighted by Crippen LogP contribution is -2.20. The lowest BCUT2D eigenvalue weighted by Gasteiger charge is -2.08. The van der Waals surface area contributed by atoms with Crippen molar-refractivity contribution in [3.63, 3.8) is 0 Å². The number of carbonyl (C=O) groups excluding carboxylic acids is 1. The van der Waals surface area contributed by atoms with Crippen molar-refractivity contribution in [1.82, 2.24) is 0 Å². The van der Waals surface area contributed by atoms with Crippen LogP contribution in [0.1, 0.15) is 18.9 Å². The highest BCUT2D eigenvalue weighted by Crippen LogP contribution is 2.13. The van der Waals surface area contributed by atoms with E-state index in [0.29, 0.717) is 5.75 Å². The summed E-state index contributed by atoms with van der Waals surface area (Å²) in [7, 11) is 0. The Bertz CT molecular complexity index is 579. The maximum atomic E-state index is 12.7. The van der Waals surface area contributed by atoms with Crippen molar-refractivity contribution < 1.29 is 13.9 Å². The van der Waals surface area contributed by atoms with Gasteiger partial charge in [0.1, 0.15) is 11.6 Å². The molecule has 1 amide bonds. The van der Waals surface area contributed by atoms with Gasteiger partial charge in [0.25, 0.3) is 5.91 Å². The number of aryl methyl sites for hydroxylation is 1. The van der Waals surface area contributed by atoms with Crippen LogP contribution in [0.25, 0.3) is 0 Å². The van der Waals surface area contributed by atoms with E-state index < -0.39 is 0 Å². The number of amides is 1. The molecule has 21 heavy (non-hydrogen) atoms. The van der Waals surface area contributed by atoms with Crippen molar-refractivity contribution in [3.05, 3.63) is 59.9 Å². The Kier molecular flexibility index (Phi) is 5.32. The zero-order valence-corrected chi connectivity index (χ0v) is 11.9. The first-order chi connectivity index (χ1) is 10.2. The Balaban J connectivity index is 1.82. The standard InChI is InChI=1S/C17H18FNO2/c1-2-3-13-4-8-15(9-5-13)19-17(20)12-21-16-10-6-14(18)7-11-16/h4-11H,2-3,12H2,1H3,(H,19,20). The molecule has 1 N–H and O–H groups in total. The van der Waals surface area contributed by atoms with E-state index in [-0.39, 0.29) is 18.3 Å². The van der Waals surface area contributed by atoms with Crippen LogP contribution in [-0.2, 0) is 11.2 Å². The molecule has 2 aromatic rings. The molecule has 0 aromatic heterocycles.